The van der Waals surface area contributed by atoms with Crippen LogP contribution >= 0.6 is 23.2 Å². The standard InChI is InChI=1S/C24H17Cl2NO3/c1-2-30-24(29)22-21(23(28)15-6-4-3-5-7-15)19-13-10-17(26)14-20(19)27(22)18-11-8-16(25)9-12-18/h3-14H,2H2,1H3. The summed E-state index contributed by atoms with van der Waals surface area (Å²) in [7, 11) is 0. The number of hydrogen-bond donors (Lipinski definition) is 0. The minimum Gasteiger partial charge on any atom is -0.461 e. The molecule has 0 atom stereocenters. The first-order valence-corrected chi connectivity index (χ1v) is 10.1. The second-order valence-corrected chi connectivity index (χ2v) is 7.49. The van der Waals surface area contributed by atoms with Crippen molar-refractivity contribution in [2.75, 3.05) is 6.61 Å². The molecule has 0 unspecified atom stereocenters. The van der Waals surface area contributed by atoms with Crippen molar-refractivity contribution in [3.8, 4) is 5.69 Å². The third-order valence-electron chi connectivity index (χ3n) is 4.75. The molecule has 0 amide bonds. The first kappa shape index (κ1) is 20.2. The smallest absolute Gasteiger partial charge is 0.356 e. The summed E-state index contributed by atoms with van der Waals surface area (Å²) >= 11 is 12.3. The Hall–Kier alpha value is -3.08. The second-order valence-electron chi connectivity index (χ2n) is 6.61. The van der Waals surface area contributed by atoms with E-state index < -0.39 is 5.97 Å². The lowest BCUT2D eigenvalue weighted by molar-refractivity contribution is 0.0514. The lowest BCUT2D eigenvalue weighted by atomic mass is 10.00. The molecule has 30 heavy (non-hydrogen) atoms. The number of ketones is 1. The van der Waals surface area contributed by atoms with Gasteiger partial charge in [0, 0.05) is 26.7 Å². The molecule has 0 aliphatic rings. The Labute approximate surface area is 183 Å². The third-order valence-corrected chi connectivity index (χ3v) is 5.23. The molecular formula is C24H17Cl2NO3. The lowest BCUT2D eigenvalue weighted by Gasteiger charge is -2.12. The molecule has 0 bridgehead atoms. The predicted molar refractivity (Wildman–Crippen MR) is 119 cm³/mol. The Bertz CT molecular complexity index is 1250. The van der Waals surface area contributed by atoms with Gasteiger partial charge in [-0.1, -0.05) is 59.6 Å². The van der Waals surface area contributed by atoms with E-state index in [0.29, 0.717) is 32.2 Å². The average molecular weight is 438 g/mol. The van der Waals surface area contributed by atoms with Crippen LogP contribution in [0, 0.1) is 0 Å². The van der Waals surface area contributed by atoms with Gasteiger partial charge in [0.05, 0.1) is 17.7 Å². The molecule has 4 rings (SSSR count). The lowest BCUT2D eigenvalue weighted by Crippen LogP contribution is -2.16. The normalized spacial score (nSPS) is 10.9. The average Bonchev–Trinajstić information content (AvgIpc) is 3.09. The number of carbonyl (C=O) groups excluding carboxylic acids is 2. The Kier molecular flexibility index (Phi) is 5.62. The van der Waals surface area contributed by atoms with Crippen molar-refractivity contribution in [3.63, 3.8) is 0 Å². The molecular weight excluding hydrogens is 421 g/mol. The number of carbonyl (C=O) groups is 2. The van der Waals surface area contributed by atoms with Gasteiger partial charge < -0.3 is 9.30 Å². The number of rotatable bonds is 5. The molecule has 4 aromatic rings. The van der Waals surface area contributed by atoms with Gasteiger partial charge >= 0.3 is 5.97 Å². The molecule has 6 heteroatoms. The van der Waals surface area contributed by atoms with E-state index in [1.807, 2.05) is 6.07 Å². The fraction of sp³-hybridized carbons (Fsp3) is 0.0833. The van der Waals surface area contributed by atoms with Crippen LogP contribution in [0.3, 0.4) is 0 Å². The predicted octanol–water partition coefficient (Wildman–Crippen LogP) is 6.35. The van der Waals surface area contributed by atoms with Crippen LogP contribution in [-0.4, -0.2) is 22.9 Å². The molecule has 0 spiro atoms. The topological polar surface area (TPSA) is 48.3 Å². The summed E-state index contributed by atoms with van der Waals surface area (Å²) in [5.41, 5.74) is 2.22. The Morgan fingerprint density at radius 1 is 0.900 bits per heavy atom. The quantitative estimate of drug-likeness (QED) is 0.270. The zero-order valence-corrected chi connectivity index (χ0v) is 17.6. The number of esters is 1. The fourth-order valence-electron chi connectivity index (χ4n) is 3.48. The number of fused-ring (bicyclic) bond motifs is 1. The highest BCUT2D eigenvalue weighted by atomic mass is 35.5. The van der Waals surface area contributed by atoms with Crippen LogP contribution in [0.25, 0.3) is 16.6 Å². The minimum atomic E-state index is -0.584. The summed E-state index contributed by atoms with van der Waals surface area (Å²) < 4.78 is 7.03. The van der Waals surface area contributed by atoms with E-state index in [0.717, 1.165) is 0 Å². The number of ether oxygens (including phenoxy) is 1. The van der Waals surface area contributed by atoms with Gasteiger partial charge in [0.1, 0.15) is 5.69 Å². The molecule has 1 aromatic heterocycles. The van der Waals surface area contributed by atoms with Gasteiger partial charge in [-0.3, -0.25) is 4.79 Å². The number of aromatic nitrogens is 1. The molecule has 3 aromatic carbocycles. The molecule has 0 N–H and O–H groups in total. The van der Waals surface area contributed by atoms with Gasteiger partial charge in [-0.25, -0.2) is 4.79 Å². The van der Waals surface area contributed by atoms with Crippen molar-refractivity contribution in [2.24, 2.45) is 0 Å². The molecule has 1 heterocycles. The van der Waals surface area contributed by atoms with Crippen molar-refractivity contribution in [2.45, 2.75) is 6.92 Å². The summed E-state index contributed by atoms with van der Waals surface area (Å²) in [6, 6.07) is 21.0. The summed E-state index contributed by atoms with van der Waals surface area (Å²) in [5.74, 6) is -0.849. The highest BCUT2D eigenvalue weighted by Crippen LogP contribution is 2.34. The van der Waals surface area contributed by atoms with Crippen LogP contribution in [0.15, 0.2) is 72.8 Å². The van der Waals surface area contributed by atoms with E-state index in [2.05, 4.69) is 0 Å². The second kappa shape index (κ2) is 8.34. The van der Waals surface area contributed by atoms with Gasteiger partial charge in [0.25, 0.3) is 0 Å². The van der Waals surface area contributed by atoms with Crippen molar-refractivity contribution in [1.82, 2.24) is 4.57 Å². The first-order chi connectivity index (χ1) is 14.5. The molecule has 150 valence electrons. The van der Waals surface area contributed by atoms with Gasteiger partial charge in [-0.15, -0.1) is 0 Å². The Morgan fingerprint density at radius 2 is 1.57 bits per heavy atom. The van der Waals surface area contributed by atoms with Crippen LogP contribution < -0.4 is 0 Å². The van der Waals surface area contributed by atoms with E-state index in [1.54, 1.807) is 78.2 Å². The largest absolute Gasteiger partial charge is 0.461 e. The summed E-state index contributed by atoms with van der Waals surface area (Å²) in [4.78, 5) is 26.6. The number of nitrogens with zero attached hydrogens (tertiary/aromatic N) is 1. The molecule has 0 saturated carbocycles. The molecule has 0 saturated heterocycles. The molecule has 0 aliphatic carbocycles. The molecule has 0 radical (unpaired) electrons. The zero-order chi connectivity index (χ0) is 21.3. The monoisotopic (exact) mass is 437 g/mol. The van der Waals surface area contributed by atoms with E-state index in [-0.39, 0.29) is 23.6 Å². The molecule has 0 fully saturated rings. The maximum Gasteiger partial charge on any atom is 0.356 e. The summed E-state index contributed by atoms with van der Waals surface area (Å²) in [5, 5.41) is 1.67. The van der Waals surface area contributed by atoms with E-state index in [4.69, 9.17) is 27.9 Å². The Morgan fingerprint density at radius 3 is 2.23 bits per heavy atom. The van der Waals surface area contributed by atoms with E-state index in [9.17, 15) is 9.59 Å². The first-order valence-electron chi connectivity index (χ1n) is 9.38. The van der Waals surface area contributed by atoms with E-state index in [1.165, 1.54) is 0 Å². The summed E-state index contributed by atoms with van der Waals surface area (Å²) in [6.45, 7) is 1.91. The van der Waals surface area contributed by atoms with Gasteiger partial charge in [-0.05, 0) is 43.3 Å². The van der Waals surface area contributed by atoms with Gasteiger partial charge in [-0.2, -0.15) is 0 Å². The number of halogens is 2. The van der Waals surface area contributed by atoms with Crippen molar-refractivity contribution < 1.29 is 14.3 Å². The van der Waals surface area contributed by atoms with Crippen LogP contribution in [0.2, 0.25) is 10.0 Å². The minimum absolute atomic E-state index is 0.158. The SMILES string of the molecule is CCOC(=O)c1c(C(=O)c2ccccc2)c2ccc(Cl)cc2n1-c1ccc(Cl)cc1. The molecule has 0 aliphatic heterocycles. The van der Waals surface area contributed by atoms with Crippen LogP contribution in [0.1, 0.15) is 33.3 Å². The Balaban J connectivity index is 2.10. The highest BCUT2D eigenvalue weighted by molar-refractivity contribution is 6.32. The molecule has 4 nitrogen and oxygen atoms in total. The third kappa shape index (κ3) is 3.60. The number of hydrogen-bond acceptors (Lipinski definition) is 3. The van der Waals surface area contributed by atoms with Crippen LogP contribution in [-0.2, 0) is 4.74 Å². The van der Waals surface area contributed by atoms with Crippen LogP contribution in [0.5, 0.6) is 0 Å². The number of benzene rings is 3. The van der Waals surface area contributed by atoms with Gasteiger partial charge in [0.2, 0.25) is 0 Å². The van der Waals surface area contributed by atoms with Crippen molar-refractivity contribution in [3.05, 3.63) is 99.7 Å². The summed E-state index contributed by atoms with van der Waals surface area (Å²) in [6.07, 6.45) is 0. The van der Waals surface area contributed by atoms with Crippen molar-refractivity contribution >= 4 is 45.9 Å². The highest BCUT2D eigenvalue weighted by Gasteiger charge is 2.29. The van der Waals surface area contributed by atoms with Crippen molar-refractivity contribution in [1.29, 1.82) is 0 Å². The fourth-order valence-corrected chi connectivity index (χ4v) is 3.77. The zero-order valence-electron chi connectivity index (χ0n) is 16.1. The van der Waals surface area contributed by atoms with Crippen LogP contribution in [0.4, 0.5) is 0 Å². The maximum absolute atomic E-state index is 13.5. The maximum atomic E-state index is 13.5. The van der Waals surface area contributed by atoms with Gasteiger partial charge in [0.15, 0.2) is 5.78 Å². The van der Waals surface area contributed by atoms with E-state index >= 15 is 0 Å².